The van der Waals surface area contributed by atoms with Crippen LogP contribution in [0.5, 0.6) is 11.5 Å². The third-order valence-corrected chi connectivity index (χ3v) is 3.13. The summed E-state index contributed by atoms with van der Waals surface area (Å²) in [6.07, 6.45) is 2.50. The van der Waals surface area contributed by atoms with Crippen LogP contribution in [-0.4, -0.2) is 59.4 Å². The molecule has 2 aliphatic rings. The average molecular weight is 535 g/mol. The van der Waals surface area contributed by atoms with Gasteiger partial charge in [-0.15, -0.1) is 11.6 Å². The molecule has 0 saturated carbocycles. The second kappa shape index (κ2) is 30.4. The predicted molar refractivity (Wildman–Crippen MR) is 154 cm³/mol. The van der Waals surface area contributed by atoms with Crippen LogP contribution in [0.3, 0.4) is 0 Å². The summed E-state index contributed by atoms with van der Waals surface area (Å²) in [4.78, 5) is 19.6. The normalized spacial score (nSPS) is 12.2. The van der Waals surface area contributed by atoms with Gasteiger partial charge >= 0.3 is 0 Å². The lowest BCUT2D eigenvalue weighted by molar-refractivity contribution is -0.134. The van der Waals surface area contributed by atoms with Crippen molar-refractivity contribution in [1.82, 2.24) is 0 Å². The zero-order valence-corrected chi connectivity index (χ0v) is 20.1. The fraction of sp³-hybridized carbons (Fsp3) is 0.500. The van der Waals surface area contributed by atoms with Crippen molar-refractivity contribution in [1.29, 1.82) is 0 Å². The van der Waals surface area contributed by atoms with Gasteiger partial charge in [0.05, 0.1) is 25.9 Å². The van der Waals surface area contributed by atoms with Gasteiger partial charge in [-0.1, -0.05) is 59.5 Å². The number of hydrogen-bond donors (Lipinski definition) is 3. The van der Waals surface area contributed by atoms with Crippen LogP contribution in [-0.2, 0) is 25.5 Å². The molecule has 1 unspecified atom stereocenters. The largest absolute Gasteiger partial charge is 0.508 e. The number of benzene rings is 2. The quantitative estimate of drug-likeness (QED) is 0.276. The molecule has 3 N–H and O–H groups in total. The molecule has 2 fully saturated rings. The third-order valence-electron chi connectivity index (χ3n) is 3.13. The fourth-order valence-electron chi connectivity index (χ4n) is 1.54. The molecule has 2 aliphatic heterocycles. The number of rotatable bonds is 2. The number of carboxylic acid groups (broad SMARTS) is 1. The number of carbonyl (C=O) groups is 2. The van der Waals surface area contributed by atoms with Gasteiger partial charge in [-0.2, -0.15) is 0 Å². The molecule has 4 rings (SSSR count). The first-order valence-corrected chi connectivity index (χ1v) is 10.7. The highest BCUT2D eigenvalue weighted by Crippen LogP contribution is 2.10. The summed E-state index contributed by atoms with van der Waals surface area (Å²) < 4.78 is 9.21. The molecular weight excluding hydrogens is 484 g/mol. The predicted octanol–water partition coefficient (Wildman–Crippen LogP) is 7.14. The van der Waals surface area contributed by atoms with Crippen molar-refractivity contribution in [3.05, 3.63) is 59.7 Å². The van der Waals surface area contributed by atoms with Gasteiger partial charge in [0, 0.05) is 19.7 Å². The number of carboxylic acids is 1. The van der Waals surface area contributed by atoms with Crippen LogP contribution in [0.4, 0.5) is 0 Å². The lowest BCUT2D eigenvalue weighted by Crippen LogP contribution is -1.94. The monoisotopic (exact) mass is 534 g/mol. The van der Waals surface area contributed by atoms with Gasteiger partial charge in [0.1, 0.15) is 17.3 Å². The summed E-state index contributed by atoms with van der Waals surface area (Å²) in [5.74, 6) is -0.136. The minimum absolute atomic E-state index is 0. The van der Waals surface area contributed by atoms with Crippen LogP contribution < -0.4 is 0 Å². The molecule has 0 aliphatic carbocycles. The molecule has 212 valence electrons. The molecular formula is C28H51ClO7. The summed E-state index contributed by atoms with van der Waals surface area (Å²) >= 11 is 4.64. The lowest BCUT2D eigenvalue weighted by Gasteiger charge is -1.96. The van der Waals surface area contributed by atoms with E-state index in [4.69, 9.17) is 24.9 Å². The van der Waals surface area contributed by atoms with E-state index in [0.717, 1.165) is 32.3 Å². The van der Waals surface area contributed by atoms with Gasteiger partial charge in [-0.25, -0.2) is 0 Å². The van der Waals surface area contributed by atoms with Crippen LogP contribution >= 0.6 is 11.6 Å². The van der Waals surface area contributed by atoms with Crippen LogP contribution in [0.1, 0.15) is 61.6 Å². The summed E-state index contributed by atoms with van der Waals surface area (Å²) in [6.45, 7) is 9.66. The Labute approximate surface area is 225 Å². The van der Waals surface area contributed by atoms with Crippen molar-refractivity contribution in [3.8, 4) is 11.5 Å². The highest BCUT2D eigenvalue weighted by molar-refractivity contribution is 6.15. The third kappa shape index (κ3) is 45.0. The number of alkyl halides is 1. The highest BCUT2D eigenvalue weighted by Gasteiger charge is 2.13. The number of ether oxygens (including phenoxy) is 2. The maximum absolute atomic E-state index is 10.6. The Bertz CT molecular complexity index is 699. The van der Waals surface area contributed by atoms with E-state index in [2.05, 4.69) is 23.3 Å². The summed E-state index contributed by atoms with van der Waals surface area (Å²) in [6, 6.07) is 13.7. The first kappa shape index (κ1) is 46.7. The van der Waals surface area contributed by atoms with Gasteiger partial charge in [0.25, 0.3) is 5.97 Å². The van der Waals surface area contributed by atoms with Crippen molar-refractivity contribution in [2.75, 3.05) is 26.2 Å². The van der Waals surface area contributed by atoms with Gasteiger partial charge in [0.2, 0.25) is 0 Å². The minimum atomic E-state index is -0.833. The number of phenolic OH excluding ortho intramolecular Hbond substituents is 2. The number of aryl methyl sites for hydroxylation is 1. The Hall–Kier alpha value is -2.61. The van der Waals surface area contributed by atoms with E-state index in [1.54, 1.807) is 43.3 Å². The Morgan fingerprint density at radius 1 is 0.861 bits per heavy atom. The van der Waals surface area contributed by atoms with Crippen molar-refractivity contribution in [2.45, 2.75) is 69.9 Å². The number of carbonyl (C=O) groups excluding carboxylic acids is 1. The van der Waals surface area contributed by atoms with E-state index in [0.29, 0.717) is 18.3 Å². The van der Waals surface area contributed by atoms with Crippen LogP contribution in [0.25, 0.3) is 0 Å². The number of hydrogen-bond acceptors (Lipinski definition) is 6. The van der Waals surface area contributed by atoms with Crippen molar-refractivity contribution in [2.24, 2.45) is 0 Å². The van der Waals surface area contributed by atoms with Crippen molar-refractivity contribution < 1.29 is 34.4 Å². The Morgan fingerprint density at radius 2 is 1.14 bits per heavy atom. The number of Topliss-reactive ketones (excluding diaryl/α,β-unsaturated/α-hetero) is 1. The number of ketones is 1. The van der Waals surface area contributed by atoms with E-state index in [-0.39, 0.29) is 41.2 Å². The van der Waals surface area contributed by atoms with Crippen LogP contribution in [0.2, 0.25) is 0 Å². The zero-order chi connectivity index (χ0) is 24.9. The van der Waals surface area contributed by atoms with Crippen molar-refractivity contribution in [3.63, 3.8) is 0 Å². The number of phenols is 2. The molecule has 2 heterocycles. The number of aliphatic carboxylic acids is 1. The summed E-state index contributed by atoms with van der Waals surface area (Å²) in [5.41, 5.74) is 2.11. The second-order valence-electron chi connectivity index (χ2n) is 6.66. The molecule has 0 bridgehead atoms. The first-order valence-electron chi connectivity index (χ1n) is 9.89. The van der Waals surface area contributed by atoms with E-state index in [1.807, 2.05) is 19.1 Å². The van der Waals surface area contributed by atoms with Gasteiger partial charge < -0.3 is 24.8 Å². The standard InChI is InChI=1S/C9H10O2.C7H8O.C3H6O.C2H4O2.C2H4O.CH3Cl.4CH4/c1-7(10)6-8-2-4-9(11)5-3-8;1-6-2-4-7(8)5-3-6;1-3-2-4-3;1-2(3)4;1-2-3-1;1-2;;;;/h2-5,11H,6H2,1H3;2-5,8H,1H3;3H,2H2,1H3;1H3,(H,3,4);1-2H2;1H3;4*1H4. The first-order chi connectivity index (χ1) is 15.1. The zero-order valence-electron chi connectivity index (χ0n) is 19.4. The maximum Gasteiger partial charge on any atom is 0.300 e. The summed E-state index contributed by atoms with van der Waals surface area (Å²) in [5, 5.41) is 25.1. The van der Waals surface area contributed by atoms with E-state index in [1.165, 1.54) is 11.9 Å². The van der Waals surface area contributed by atoms with Gasteiger partial charge in [-0.3, -0.25) is 9.59 Å². The van der Waals surface area contributed by atoms with Gasteiger partial charge in [0.15, 0.2) is 0 Å². The minimum Gasteiger partial charge on any atom is -0.508 e. The molecule has 36 heavy (non-hydrogen) atoms. The molecule has 0 amide bonds. The maximum atomic E-state index is 10.6. The summed E-state index contributed by atoms with van der Waals surface area (Å²) in [7, 11) is 0. The van der Waals surface area contributed by atoms with E-state index < -0.39 is 5.97 Å². The van der Waals surface area contributed by atoms with Crippen LogP contribution in [0, 0.1) is 6.92 Å². The SMILES string of the molecule is C.C.C.C.C1CO1.CC(=O)Cc1ccc(O)cc1.CC(=O)O.CC1CO1.CCl.Cc1ccc(O)cc1. The highest BCUT2D eigenvalue weighted by atomic mass is 35.5. The molecule has 2 aromatic carbocycles. The Morgan fingerprint density at radius 3 is 1.33 bits per heavy atom. The number of epoxide rings is 2. The molecule has 0 aromatic heterocycles. The Balaban J connectivity index is -0.0000000799. The van der Waals surface area contributed by atoms with E-state index in [9.17, 15) is 4.79 Å². The topological polar surface area (TPSA) is 120 Å². The smallest absolute Gasteiger partial charge is 0.300 e. The molecule has 7 nitrogen and oxygen atoms in total. The molecule has 8 heteroatoms. The molecule has 2 aromatic rings. The Kier molecular flexibility index (Phi) is 39.5. The molecule has 0 radical (unpaired) electrons. The fourth-order valence-corrected chi connectivity index (χ4v) is 1.54. The van der Waals surface area contributed by atoms with Gasteiger partial charge in [-0.05, 0) is 50.6 Å². The van der Waals surface area contributed by atoms with E-state index >= 15 is 0 Å². The lowest BCUT2D eigenvalue weighted by atomic mass is 10.1. The van der Waals surface area contributed by atoms with Crippen molar-refractivity contribution >= 4 is 23.4 Å². The number of halogens is 1. The molecule has 2 saturated heterocycles. The number of aromatic hydroxyl groups is 2. The second-order valence-corrected chi connectivity index (χ2v) is 6.66. The van der Waals surface area contributed by atoms with Crippen LogP contribution in [0.15, 0.2) is 48.5 Å². The molecule has 0 spiro atoms. The molecule has 1 atom stereocenters. The average Bonchev–Trinajstić information content (AvgIpc) is 3.63.